The number of carbonyl (C=O) groups excluding carboxylic acids is 2. The van der Waals surface area contributed by atoms with Gasteiger partial charge < -0.3 is 40.7 Å². The summed E-state index contributed by atoms with van der Waals surface area (Å²) in [4.78, 5) is 50.9. The van der Waals surface area contributed by atoms with Crippen LogP contribution in [0, 0.1) is 0 Å². The smallest absolute Gasteiger partial charge is 0.323 e. The summed E-state index contributed by atoms with van der Waals surface area (Å²) in [7, 11) is 2.14. The average molecular weight is 712 g/mol. The van der Waals surface area contributed by atoms with E-state index in [1.165, 1.54) is 0 Å². The van der Waals surface area contributed by atoms with Gasteiger partial charge in [0.1, 0.15) is 0 Å². The topological polar surface area (TPSA) is 153 Å². The molecule has 3 fully saturated rings. The number of fused-ring (bicyclic) bond motifs is 2. The highest BCUT2D eigenvalue weighted by molar-refractivity contribution is 6.00. The van der Waals surface area contributed by atoms with Crippen molar-refractivity contribution in [2.75, 3.05) is 77.4 Å². The molecule has 2 unspecified atom stereocenters. The molecule has 3 aliphatic heterocycles. The first-order valence-electron chi connectivity index (χ1n) is 17.9. The van der Waals surface area contributed by atoms with Gasteiger partial charge in [-0.15, -0.1) is 0 Å². The van der Waals surface area contributed by atoms with Crippen molar-refractivity contribution in [3.63, 3.8) is 0 Å². The average Bonchev–Trinajstić information content (AvgIpc) is 3.52. The van der Waals surface area contributed by atoms with E-state index >= 15 is 0 Å². The number of likely N-dealkylation sites (N-methyl/N-ethyl adjacent to an activating group) is 1. The van der Waals surface area contributed by atoms with Gasteiger partial charge in [0.25, 0.3) is 0 Å². The number of aromatic nitrogens is 4. The molecule has 4 amide bonds. The van der Waals surface area contributed by atoms with Gasteiger partial charge in [0.15, 0.2) is 11.6 Å². The zero-order valence-corrected chi connectivity index (χ0v) is 29.4. The van der Waals surface area contributed by atoms with E-state index in [0.29, 0.717) is 47.7 Å². The van der Waals surface area contributed by atoms with Crippen LogP contribution in [0.4, 0.5) is 44.0 Å². The SMILES string of the molecule is CN1CCN(c2ccc(NC(=O)Nc3ccc(-c4nc(-c5ccc(NC(=O)Nc6ccncc6)cc5)nc(N5CC6CCC(C5)O6)n4)cc3)cc2)CC1. The van der Waals surface area contributed by atoms with Gasteiger partial charge in [-0.05, 0) is 105 Å². The number of nitrogens with one attached hydrogen (secondary N) is 4. The monoisotopic (exact) mass is 711 g/mol. The van der Waals surface area contributed by atoms with Gasteiger partial charge in [0.2, 0.25) is 5.95 Å². The molecule has 2 atom stereocenters. The summed E-state index contributed by atoms with van der Waals surface area (Å²) < 4.78 is 6.08. The molecule has 2 bridgehead atoms. The number of anilines is 6. The van der Waals surface area contributed by atoms with Gasteiger partial charge >= 0.3 is 12.1 Å². The minimum Gasteiger partial charge on any atom is -0.371 e. The second-order valence-electron chi connectivity index (χ2n) is 13.5. The van der Waals surface area contributed by atoms with Crippen molar-refractivity contribution in [1.29, 1.82) is 0 Å². The fraction of sp³-hybridized carbons (Fsp3) is 0.282. The van der Waals surface area contributed by atoms with Crippen LogP contribution in [0.2, 0.25) is 0 Å². The maximum absolute atomic E-state index is 12.9. The first kappa shape index (κ1) is 34.0. The molecule has 5 heterocycles. The molecule has 3 aromatic carbocycles. The molecule has 14 heteroatoms. The fourth-order valence-corrected chi connectivity index (χ4v) is 6.79. The quantitative estimate of drug-likeness (QED) is 0.151. The third kappa shape index (κ3) is 8.35. The number of amides is 4. The number of hydrogen-bond donors (Lipinski definition) is 4. The summed E-state index contributed by atoms with van der Waals surface area (Å²) >= 11 is 0. The number of nitrogens with zero attached hydrogens (tertiary/aromatic N) is 7. The Morgan fingerprint density at radius 1 is 0.585 bits per heavy atom. The number of rotatable bonds is 8. The minimum atomic E-state index is -0.360. The molecule has 3 saturated heterocycles. The molecular formula is C39H41N11O3. The number of carbonyl (C=O) groups is 2. The lowest BCUT2D eigenvalue weighted by molar-refractivity contribution is 0.0299. The number of urea groups is 2. The van der Waals surface area contributed by atoms with Crippen LogP contribution in [0.5, 0.6) is 0 Å². The Hall–Kier alpha value is -6.12. The van der Waals surface area contributed by atoms with E-state index in [-0.39, 0.29) is 24.3 Å². The predicted octanol–water partition coefficient (Wildman–Crippen LogP) is 6.01. The Balaban J connectivity index is 0.961. The highest BCUT2D eigenvalue weighted by Crippen LogP contribution is 2.31. The van der Waals surface area contributed by atoms with Crippen molar-refractivity contribution in [2.45, 2.75) is 25.0 Å². The minimum absolute atomic E-state index is 0.160. The van der Waals surface area contributed by atoms with E-state index in [9.17, 15) is 9.59 Å². The molecule has 14 nitrogen and oxygen atoms in total. The van der Waals surface area contributed by atoms with Crippen molar-refractivity contribution in [3.05, 3.63) is 97.3 Å². The van der Waals surface area contributed by atoms with Crippen molar-refractivity contribution in [1.82, 2.24) is 24.8 Å². The summed E-state index contributed by atoms with van der Waals surface area (Å²) in [6.07, 6.45) is 5.60. The second-order valence-corrected chi connectivity index (χ2v) is 13.5. The summed E-state index contributed by atoms with van der Waals surface area (Å²) in [5, 5.41) is 11.5. The van der Waals surface area contributed by atoms with E-state index < -0.39 is 0 Å². The van der Waals surface area contributed by atoms with Crippen molar-refractivity contribution >= 4 is 46.4 Å². The van der Waals surface area contributed by atoms with Gasteiger partial charge in [-0.3, -0.25) is 4.98 Å². The first-order chi connectivity index (χ1) is 25.9. The Morgan fingerprint density at radius 3 is 1.53 bits per heavy atom. The Bertz CT molecular complexity index is 2030. The van der Waals surface area contributed by atoms with Crippen LogP contribution >= 0.6 is 0 Å². The molecule has 3 aliphatic rings. The molecule has 0 spiro atoms. The van der Waals surface area contributed by atoms with Crippen LogP contribution in [-0.4, -0.2) is 95.4 Å². The van der Waals surface area contributed by atoms with Crippen LogP contribution in [0.3, 0.4) is 0 Å². The van der Waals surface area contributed by atoms with E-state index in [4.69, 9.17) is 19.7 Å². The normalized spacial score (nSPS) is 18.4. The summed E-state index contributed by atoms with van der Waals surface area (Å²) in [5.41, 5.74) is 5.33. The van der Waals surface area contributed by atoms with Crippen LogP contribution in [0.1, 0.15) is 12.8 Å². The third-order valence-corrected chi connectivity index (χ3v) is 9.68. The lowest BCUT2D eigenvalue weighted by Gasteiger charge is -2.34. The number of ether oxygens (including phenoxy) is 1. The molecule has 5 aromatic rings. The molecule has 2 aromatic heterocycles. The number of pyridine rings is 1. The van der Waals surface area contributed by atoms with Crippen molar-refractivity contribution in [2.24, 2.45) is 0 Å². The first-order valence-corrected chi connectivity index (χ1v) is 17.9. The van der Waals surface area contributed by atoms with E-state index in [2.05, 4.69) is 48.0 Å². The lowest BCUT2D eigenvalue weighted by atomic mass is 10.1. The molecule has 0 aliphatic carbocycles. The van der Waals surface area contributed by atoms with E-state index in [1.807, 2.05) is 72.8 Å². The number of benzene rings is 3. The zero-order valence-electron chi connectivity index (χ0n) is 29.4. The molecular weight excluding hydrogens is 671 g/mol. The molecule has 270 valence electrons. The Labute approximate surface area is 307 Å². The van der Waals surface area contributed by atoms with Crippen molar-refractivity contribution < 1.29 is 14.3 Å². The van der Waals surface area contributed by atoms with Crippen molar-refractivity contribution in [3.8, 4) is 22.8 Å². The zero-order chi connectivity index (χ0) is 36.1. The van der Waals surface area contributed by atoms with Gasteiger partial charge in [-0.25, -0.2) is 14.6 Å². The lowest BCUT2D eigenvalue weighted by Crippen LogP contribution is -2.44. The summed E-state index contributed by atoms with van der Waals surface area (Å²) in [6.45, 7) is 5.48. The third-order valence-electron chi connectivity index (χ3n) is 9.68. The Kier molecular flexibility index (Phi) is 9.77. The largest absolute Gasteiger partial charge is 0.371 e. The molecule has 53 heavy (non-hydrogen) atoms. The van der Waals surface area contributed by atoms with Gasteiger partial charge in [-0.1, -0.05) is 0 Å². The van der Waals surface area contributed by atoms with E-state index in [0.717, 1.165) is 61.5 Å². The second kappa shape index (κ2) is 15.2. The summed E-state index contributed by atoms with van der Waals surface area (Å²) in [6, 6.07) is 25.5. The van der Waals surface area contributed by atoms with Gasteiger partial charge in [0, 0.05) is 91.2 Å². The fourth-order valence-electron chi connectivity index (χ4n) is 6.79. The molecule has 0 saturated carbocycles. The van der Waals surface area contributed by atoms with E-state index in [1.54, 1.807) is 24.5 Å². The number of piperazine rings is 1. The van der Waals surface area contributed by atoms with Crippen LogP contribution in [-0.2, 0) is 4.74 Å². The van der Waals surface area contributed by atoms with Crippen LogP contribution in [0.15, 0.2) is 97.3 Å². The highest BCUT2D eigenvalue weighted by Gasteiger charge is 2.35. The predicted molar refractivity (Wildman–Crippen MR) is 206 cm³/mol. The van der Waals surface area contributed by atoms with Gasteiger partial charge in [-0.2, -0.15) is 9.97 Å². The number of morpholine rings is 1. The summed E-state index contributed by atoms with van der Waals surface area (Å²) in [5.74, 6) is 1.61. The highest BCUT2D eigenvalue weighted by atomic mass is 16.5. The van der Waals surface area contributed by atoms with Crippen LogP contribution < -0.4 is 31.1 Å². The van der Waals surface area contributed by atoms with Crippen LogP contribution in [0.25, 0.3) is 22.8 Å². The molecule has 0 radical (unpaired) electrons. The maximum Gasteiger partial charge on any atom is 0.323 e. The standard InChI is InChI=1S/C39H41N11O3/c1-48-20-22-49(23-21-48)32-12-10-30(11-13-32)43-38(51)41-28-6-2-26(3-7-28)35-45-36(47-37(46-35)50-24-33-14-15-34(25-50)53-33)27-4-8-29(9-5-27)42-39(52)44-31-16-18-40-19-17-31/h2-13,16-19,33-34H,14-15,20-25H2,1H3,(H2,41,43,51)(H2,40,42,44,52). The van der Waals surface area contributed by atoms with Gasteiger partial charge in [0.05, 0.1) is 12.2 Å². The molecule has 4 N–H and O–H groups in total. The maximum atomic E-state index is 12.9. The number of hydrogen-bond acceptors (Lipinski definition) is 10. The Morgan fingerprint density at radius 2 is 1.04 bits per heavy atom. The molecule has 8 rings (SSSR count).